The Morgan fingerprint density at radius 1 is 1.10 bits per heavy atom. The van der Waals surface area contributed by atoms with Gasteiger partial charge in [0.25, 0.3) is 5.56 Å². The number of rotatable bonds is 6. The third kappa shape index (κ3) is 5.11. The average Bonchev–Trinajstić information content (AvgIpc) is 3.25. The Kier molecular flexibility index (Phi) is 7.67. The van der Waals surface area contributed by atoms with Gasteiger partial charge < -0.3 is 14.2 Å². The van der Waals surface area contributed by atoms with Crippen LogP contribution < -0.4 is 24.4 Å². The van der Waals surface area contributed by atoms with E-state index in [0.29, 0.717) is 27.1 Å². The van der Waals surface area contributed by atoms with E-state index >= 15 is 0 Å². The fourth-order valence-electron chi connectivity index (χ4n) is 4.81. The fourth-order valence-corrected chi connectivity index (χ4v) is 5.98. The molecule has 12 heteroatoms. The Hall–Kier alpha value is -4.09. The maximum Gasteiger partial charge on any atom is 0.434 e. The molecule has 0 saturated carbocycles. The van der Waals surface area contributed by atoms with Crippen LogP contribution >= 0.6 is 22.9 Å². The van der Waals surface area contributed by atoms with Crippen LogP contribution in [-0.2, 0) is 9.53 Å². The second kappa shape index (κ2) is 11.1. The van der Waals surface area contributed by atoms with E-state index in [-0.39, 0.29) is 27.3 Å². The van der Waals surface area contributed by atoms with Crippen molar-refractivity contribution < 1.29 is 32.2 Å². The summed E-state index contributed by atoms with van der Waals surface area (Å²) < 4.78 is 60.9. The lowest BCUT2D eigenvalue weighted by Gasteiger charge is -2.28. The summed E-state index contributed by atoms with van der Waals surface area (Å²) in [5.74, 6) is -0.657. The molecule has 0 amide bonds. The van der Waals surface area contributed by atoms with Crippen LogP contribution in [0.3, 0.4) is 0 Å². The Morgan fingerprint density at radius 2 is 1.80 bits per heavy atom. The van der Waals surface area contributed by atoms with Gasteiger partial charge in [0.05, 0.1) is 30.9 Å². The molecule has 5 rings (SSSR count). The van der Waals surface area contributed by atoms with Crippen LogP contribution in [0.1, 0.15) is 24.1 Å². The Balaban J connectivity index is 1.93. The molecule has 7 nitrogen and oxygen atoms in total. The number of aromatic nitrogens is 1. The van der Waals surface area contributed by atoms with Crippen molar-refractivity contribution in [2.75, 3.05) is 20.8 Å². The fraction of sp³-hybridized carbons (Fsp3) is 0.207. The predicted octanol–water partition coefficient (Wildman–Crippen LogP) is 5.16. The highest BCUT2D eigenvalue weighted by atomic mass is 35.5. The largest absolute Gasteiger partial charge is 0.496 e. The number of alkyl halides is 3. The standard InChI is InChI=1S/C29H22ClF3N2O5S/c1-4-40-27(37)23-24(22-18-8-6-5-7-15(18)9-11-20(22)39-3)35-26(36)21(41-28(35)34-25(23)29(31,32)33)14-16-13-17(30)10-12-19(16)38-2/h5-14,24H,4H2,1-3H3/b21-14-/t24-/m0/s1. The second-order valence-corrected chi connectivity index (χ2v) is 10.3. The minimum atomic E-state index is -5.04. The molecule has 4 aromatic rings. The quantitative estimate of drug-likeness (QED) is 0.285. The van der Waals surface area contributed by atoms with E-state index in [1.807, 2.05) is 0 Å². The number of allylic oxidation sites excluding steroid dienone is 1. The molecule has 0 saturated heterocycles. The number of hydrogen-bond acceptors (Lipinski definition) is 7. The van der Waals surface area contributed by atoms with Crippen molar-refractivity contribution in [3.8, 4) is 11.5 Å². The van der Waals surface area contributed by atoms with E-state index in [2.05, 4.69) is 4.99 Å². The summed E-state index contributed by atoms with van der Waals surface area (Å²) >= 11 is 6.90. The van der Waals surface area contributed by atoms with E-state index < -0.39 is 35.0 Å². The number of fused-ring (bicyclic) bond motifs is 2. The lowest BCUT2D eigenvalue weighted by atomic mass is 9.90. The van der Waals surface area contributed by atoms with E-state index in [0.717, 1.165) is 15.9 Å². The summed E-state index contributed by atoms with van der Waals surface area (Å²) in [6.45, 7) is 1.29. The summed E-state index contributed by atoms with van der Waals surface area (Å²) in [5.41, 5.74) is -2.29. The van der Waals surface area contributed by atoms with Crippen molar-refractivity contribution >= 4 is 45.8 Å². The van der Waals surface area contributed by atoms with Crippen molar-refractivity contribution in [3.05, 3.63) is 102 Å². The molecule has 41 heavy (non-hydrogen) atoms. The molecule has 2 heterocycles. The third-order valence-electron chi connectivity index (χ3n) is 6.50. The number of methoxy groups -OCH3 is 2. The molecule has 212 valence electrons. The number of ether oxygens (including phenoxy) is 3. The van der Waals surface area contributed by atoms with Crippen LogP contribution in [0.2, 0.25) is 5.02 Å². The van der Waals surface area contributed by atoms with Gasteiger partial charge in [-0.2, -0.15) is 13.2 Å². The highest BCUT2D eigenvalue weighted by Gasteiger charge is 2.46. The number of esters is 1. The number of hydrogen-bond donors (Lipinski definition) is 0. The highest BCUT2D eigenvalue weighted by molar-refractivity contribution is 7.07. The molecule has 1 aliphatic heterocycles. The van der Waals surface area contributed by atoms with Crippen LogP contribution in [0.5, 0.6) is 11.5 Å². The summed E-state index contributed by atoms with van der Waals surface area (Å²) in [5, 5.41) is 1.53. The summed E-state index contributed by atoms with van der Waals surface area (Å²) in [4.78, 5) is 30.9. The zero-order valence-corrected chi connectivity index (χ0v) is 23.5. The summed E-state index contributed by atoms with van der Waals surface area (Å²) in [7, 11) is 2.80. The first kappa shape index (κ1) is 28.4. The van der Waals surface area contributed by atoms with Gasteiger partial charge in [0.2, 0.25) is 0 Å². The van der Waals surface area contributed by atoms with E-state index in [1.54, 1.807) is 54.6 Å². The van der Waals surface area contributed by atoms with Gasteiger partial charge >= 0.3 is 12.1 Å². The monoisotopic (exact) mass is 602 g/mol. The van der Waals surface area contributed by atoms with Crippen LogP contribution in [0, 0.1) is 0 Å². The van der Waals surface area contributed by atoms with E-state index in [9.17, 15) is 22.8 Å². The van der Waals surface area contributed by atoms with Gasteiger partial charge in [-0.15, -0.1) is 0 Å². The van der Waals surface area contributed by atoms with Crippen molar-refractivity contribution in [2.45, 2.75) is 19.1 Å². The molecule has 1 atom stereocenters. The van der Waals surface area contributed by atoms with Crippen molar-refractivity contribution in [3.63, 3.8) is 0 Å². The van der Waals surface area contributed by atoms with Gasteiger partial charge in [-0.3, -0.25) is 9.36 Å². The molecule has 0 spiro atoms. The molecular weight excluding hydrogens is 581 g/mol. The van der Waals surface area contributed by atoms with E-state index in [1.165, 1.54) is 27.2 Å². The van der Waals surface area contributed by atoms with Gasteiger partial charge in [0, 0.05) is 16.1 Å². The Morgan fingerprint density at radius 3 is 2.49 bits per heavy atom. The second-order valence-electron chi connectivity index (χ2n) is 8.85. The Labute approximate surface area is 240 Å². The number of thiazole rings is 1. The van der Waals surface area contributed by atoms with Gasteiger partial charge in [-0.25, -0.2) is 9.79 Å². The minimum absolute atomic E-state index is 0.0557. The van der Waals surface area contributed by atoms with Gasteiger partial charge in [-0.05, 0) is 48.0 Å². The van der Waals surface area contributed by atoms with Crippen LogP contribution in [-0.4, -0.2) is 37.5 Å². The van der Waals surface area contributed by atoms with Crippen LogP contribution in [0.25, 0.3) is 16.8 Å². The highest BCUT2D eigenvalue weighted by Crippen LogP contribution is 2.43. The normalized spacial score (nSPS) is 15.5. The number of carbonyl (C=O) groups excluding carboxylic acids is 1. The van der Waals surface area contributed by atoms with Crippen LogP contribution in [0.4, 0.5) is 13.2 Å². The van der Waals surface area contributed by atoms with Gasteiger partial charge in [0.15, 0.2) is 10.5 Å². The molecule has 1 aliphatic rings. The number of carbonyl (C=O) groups is 1. The van der Waals surface area contributed by atoms with Crippen LogP contribution in [0.15, 0.2) is 75.7 Å². The zero-order chi connectivity index (χ0) is 29.5. The molecule has 0 radical (unpaired) electrons. The molecule has 0 N–H and O–H groups in total. The van der Waals surface area contributed by atoms with Crippen molar-refractivity contribution in [1.82, 2.24) is 4.57 Å². The molecule has 0 fully saturated rings. The lowest BCUT2D eigenvalue weighted by molar-refractivity contribution is -0.140. The first-order chi connectivity index (χ1) is 19.6. The molecule has 0 unspecified atom stereocenters. The smallest absolute Gasteiger partial charge is 0.434 e. The maximum absolute atomic E-state index is 14.6. The maximum atomic E-state index is 14.6. The van der Waals surface area contributed by atoms with E-state index in [4.69, 9.17) is 25.8 Å². The number of nitrogens with zero attached hydrogens (tertiary/aromatic N) is 2. The molecule has 1 aromatic heterocycles. The summed E-state index contributed by atoms with van der Waals surface area (Å²) in [6, 6.07) is 13.5. The molecule has 3 aromatic carbocycles. The molecular formula is C29H22ClF3N2O5S. The van der Waals surface area contributed by atoms with Crippen molar-refractivity contribution in [2.24, 2.45) is 4.99 Å². The topological polar surface area (TPSA) is 79.1 Å². The predicted molar refractivity (Wildman–Crippen MR) is 149 cm³/mol. The van der Waals surface area contributed by atoms with Gasteiger partial charge in [-0.1, -0.05) is 53.3 Å². The first-order valence-electron chi connectivity index (χ1n) is 12.3. The minimum Gasteiger partial charge on any atom is -0.496 e. The SMILES string of the molecule is CCOC(=O)C1=C(C(F)(F)F)N=c2s/c(=C\c3cc(Cl)ccc3OC)c(=O)n2[C@H]1c1c(OC)ccc2ccccc12. The third-order valence-corrected chi connectivity index (χ3v) is 7.72. The lowest BCUT2D eigenvalue weighted by Crippen LogP contribution is -2.41. The Bertz CT molecular complexity index is 1900. The molecule has 0 bridgehead atoms. The van der Waals surface area contributed by atoms with Gasteiger partial charge in [0.1, 0.15) is 17.5 Å². The molecule has 0 aliphatic carbocycles. The summed E-state index contributed by atoms with van der Waals surface area (Å²) in [6.07, 6.45) is -3.57. The average molecular weight is 603 g/mol. The number of halogens is 4. The zero-order valence-electron chi connectivity index (χ0n) is 21.9. The first-order valence-corrected chi connectivity index (χ1v) is 13.5. The number of benzene rings is 3. The van der Waals surface area contributed by atoms with Crippen molar-refractivity contribution in [1.29, 1.82) is 0 Å².